The van der Waals surface area contributed by atoms with Crippen LogP contribution >= 0.6 is 0 Å². The lowest BCUT2D eigenvalue weighted by molar-refractivity contribution is 0.0593. The van der Waals surface area contributed by atoms with Gasteiger partial charge in [0.1, 0.15) is 0 Å². The van der Waals surface area contributed by atoms with Crippen LogP contribution in [0.15, 0.2) is 12.3 Å². The van der Waals surface area contributed by atoms with Crippen LogP contribution in [0.3, 0.4) is 0 Å². The van der Waals surface area contributed by atoms with Gasteiger partial charge in [0.25, 0.3) is 0 Å². The number of carbonyl (C=O) groups is 1. The number of rotatable bonds is 6. The summed E-state index contributed by atoms with van der Waals surface area (Å²) in [5.41, 5.74) is 0.212. The Morgan fingerprint density at radius 1 is 1.39 bits per heavy atom. The lowest BCUT2D eigenvalue weighted by atomic mass is 10.3. The third-order valence-corrected chi connectivity index (χ3v) is 2.93. The fourth-order valence-electron chi connectivity index (χ4n) is 1.65. The molecule has 0 amide bonds. The largest absolute Gasteiger partial charge is 0.493 e. The predicted octanol–water partition coefficient (Wildman–Crippen LogP) is 2.06. The first-order chi connectivity index (χ1) is 8.74. The van der Waals surface area contributed by atoms with Gasteiger partial charge in [-0.25, -0.2) is 9.78 Å². The number of methoxy groups -OCH3 is 2. The van der Waals surface area contributed by atoms with Crippen molar-refractivity contribution in [3.05, 3.63) is 18.0 Å². The lowest BCUT2D eigenvalue weighted by Crippen LogP contribution is -2.06. The molecule has 0 aromatic carbocycles. The molecular weight excluding hydrogens is 234 g/mol. The number of nitrogens with zero attached hydrogens (tertiary/aromatic N) is 1. The number of aromatic nitrogens is 1. The van der Waals surface area contributed by atoms with Gasteiger partial charge in [0, 0.05) is 6.07 Å². The number of esters is 1. The fourth-order valence-corrected chi connectivity index (χ4v) is 1.65. The maximum Gasteiger partial charge on any atom is 0.356 e. The van der Waals surface area contributed by atoms with E-state index in [0.717, 1.165) is 12.3 Å². The van der Waals surface area contributed by atoms with Crippen LogP contribution in [0.5, 0.6) is 11.5 Å². The molecule has 0 atom stereocenters. The number of hydrogen-bond donors (Lipinski definition) is 0. The number of carbonyl (C=O) groups excluding carboxylic acids is 1. The smallest absolute Gasteiger partial charge is 0.356 e. The molecule has 5 heteroatoms. The standard InChI is InChI=1S/C13H17NO4/c1-16-11-7-10(13(15)17-2)14-8-12(11)18-6-5-9-3-4-9/h7-9H,3-6H2,1-2H3. The molecule has 98 valence electrons. The second kappa shape index (κ2) is 5.71. The lowest BCUT2D eigenvalue weighted by Gasteiger charge is -2.10. The van der Waals surface area contributed by atoms with Gasteiger partial charge in [-0.2, -0.15) is 0 Å². The molecule has 0 aliphatic heterocycles. The van der Waals surface area contributed by atoms with Crippen molar-refractivity contribution in [1.29, 1.82) is 0 Å². The predicted molar refractivity (Wildman–Crippen MR) is 65.0 cm³/mol. The molecule has 0 saturated heterocycles. The van der Waals surface area contributed by atoms with Crippen LogP contribution in [0.25, 0.3) is 0 Å². The van der Waals surface area contributed by atoms with Crippen LogP contribution in [-0.2, 0) is 4.74 Å². The molecule has 0 bridgehead atoms. The van der Waals surface area contributed by atoms with Crippen molar-refractivity contribution in [2.75, 3.05) is 20.8 Å². The molecule has 0 unspecified atom stereocenters. The highest BCUT2D eigenvalue weighted by molar-refractivity contribution is 5.87. The van der Waals surface area contributed by atoms with Gasteiger partial charge in [-0.15, -0.1) is 0 Å². The average Bonchev–Trinajstić information content (AvgIpc) is 3.22. The van der Waals surface area contributed by atoms with Gasteiger partial charge in [0.2, 0.25) is 0 Å². The number of hydrogen-bond acceptors (Lipinski definition) is 5. The van der Waals surface area contributed by atoms with Gasteiger partial charge in [-0.05, 0) is 12.3 Å². The van der Waals surface area contributed by atoms with E-state index in [9.17, 15) is 4.79 Å². The molecule has 18 heavy (non-hydrogen) atoms. The summed E-state index contributed by atoms with van der Waals surface area (Å²) in [7, 11) is 2.85. The van der Waals surface area contributed by atoms with Gasteiger partial charge >= 0.3 is 5.97 Å². The molecule has 2 rings (SSSR count). The first-order valence-electron chi connectivity index (χ1n) is 5.99. The highest BCUT2D eigenvalue weighted by Crippen LogP contribution is 2.33. The Morgan fingerprint density at radius 3 is 2.78 bits per heavy atom. The van der Waals surface area contributed by atoms with E-state index >= 15 is 0 Å². The molecule has 1 fully saturated rings. The van der Waals surface area contributed by atoms with Crippen molar-refractivity contribution in [1.82, 2.24) is 4.98 Å². The van der Waals surface area contributed by atoms with Crippen molar-refractivity contribution in [2.24, 2.45) is 5.92 Å². The van der Waals surface area contributed by atoms with Crippen molar-refractivity contribution < 1.29 is 19.0 Å². The van der Waals surface area contributed by atoms with Crippen LogP contribution in [0.1, 0.15) is 29.8 Å². The third-order valence-electron chi connectivity index (χ3n) is 2.93. The van der Waals surface area contributed by atoms with Gasteiger partial charge in [0.15, 0.2) is 17.2 Å². The zero-order chi connectivity index (χ0) is 13.0. The quantitative estimate of drug-likeness (QED) is 0.724. The molecule has 0 spiro atoms. The van der Waals surface area contributed by atoms with Gasteiger partial charge < -0.3 is 14.2 Å². The molecule has 1 aromatic rings. The second-order valence-electron chi connectivity index (χ2n) is 4.29. The zero-order valence-electron chi connectivity index (χ0n) is 10.6. The summed E-state index contributed by atoms with van der Waals surface area (Å²) < 4.78 is 15.4. The van der Waals surface area contributed by atoms with E-state index in [1.165, 1.54) is 39.3 Å². The third kappa shape index (κ3) is 3.12. The molecule has 5 nitrogen and oxygen atoms in total. The van der Waals surface area contributed by atoms with Crippen LogP contribution in [0.4, 0.5) is 0 Å². The Labute approximate surface area is 106 Å². The van der Waals surface area contributed by atoms with Crippen molar-refractivity contribution >= 4 is 5.97 Å². The highest BCUT2D eigenvalue weighted by atomic mass is 16.5. The first kappa shape index (κ1) is 12.7. The summed E-state index contributed by atoms with van der Waals surface area (Å²) in [5.74, 6) is 1.39. The second-order valence-corrected chi connectivity index (χ2v) is 4.29. The van der Waals surface area contributed by atoms with Crippen LogP contribution in [0.2, 0.25) is 0 Å². The molecule has 0 radical (unpaired) electrons. The minimum absolute atomic E-state index is 0.212. The summed E-state index contributed by atoms with van der Waals surface area (Å²) in [4.78, 5) is 15.3. The Balaban J connectivity index is 2.01. The van der Waals surface area contributed by atoms with Gasteiger partial charge in [-0.1, -0.05) is 12.8 Å². The van der Waals surface area contributed by atoms with Crippen molar-refractivity contribution in [3.63, 3.8) is 0 Å². The van der Waals surface area contributed by atoms with E-state index in [2.05, 4.69) is 9.72 Å². The number of ether oxygens (including phenoxy) is 3. The summed E-state index contributed by atoms with van der Waals surface area (Å²) in [6.45, 7) is 0.653. The minimum atomic E-state index is -0.488. The normalized spacial score (nSPS) is 14.1. The molecule has 1 aliphatic rings. The molecular formula is C13H17NO4. The monoisotopic (exact) mass is 251 g/mol. The Bertz CT molecular complexity index is 429. The summed E-state index contributed by atoms with van der Waals surface area (Å²) >= 11 is 0. The Morgan fingerprint density at radius 2 is 2.17 bits per heavy atom. The van der Waals surface area contributed by atoms with Crippen molar-refractivity contribution in [2.45, 2.75) is 19.3 Å². The minimum Gasteiger partial charge on any atom is -0.493 e. The van der Waals surface area contributed by atoms with E-state index in [1.54, 1.807) is 0 Å². The number of pyridine rings is 1. The molecule has 1 saturated carbocycles. The van der Waals surface area contributed by atoms with Crippen LogP contribution in [-0.4, -0.2) is 31.8 Å². The summed E-state index contributed by atoms with van der Waals surface area (Å²) in [6.07, 6.45) is 5.17. The highest BCUT2D eigenvalue weighted by Gasteiger charge is 2.21. The van der Waals surface area contributed by atoms with E-state index in [-0.39, 0.29) is 5.69 Å². The van der Waals surface area contributed by atoms with Crippen LogP contribution < -0.4 is 9.47 Å². The van der Waals surface area contributed by atoms with E-state index < -0.39 is 5.97 Å². The maximum absolute atomic E-state index is 11.3. The Kier molecular flexibility index (Phi) is 4.02. The topological polar surface area (TPSA) is 57.7 Å². The Hall–Kier alpha value is -1.78. The van der Waals surface area contributed by atoms with Gasteiger partial charge in [0.05, 0.1) is 27.0 Å². The SMILES string of the molecule is COC(=O)c1cc(OC)c(OCCC2CC2)cn1. The first-order valence-corrected chi connectivity index (χ1v) is 5.99. The average molecular weight is 251 g/mol. The summed E-state index contributed by atoms with van der Waals surface area (Å²) in [5, 5.41) is 0. The maximum atomic E-state index is 11.3. The molecule has 1 aliphatic carbocycles. The van der Waals surface area contributed by atoms with Gasteiger partial charge in [-0.3, -0.25) is 0 Å². The molecule has 0 N–H and O–H groups in total. The molecule has 1 aromatic heterocycles. The molecule has 1 heterocycles. The fraction of sp³-hybridized carbons (Fsp3) is 0.538. The van der Waals surface area contributed by atoms with Crippen LogP contribution in [0, 0.1) is 5.92 Å². The van der Waals surface area contributed by atoms with Crippen molar-refractivity contribution in [3.8, 4) is 11.5 Å². The van der Waals surface area contributed by atoms with E-state index in [4.69, 9.17) is 9.47 Å². The van der Waals surface area contributed by atoms with E-state index in [0.29, 0.717) is 18.1 Å². The zero-order valence-corrected chi connectivity index (χ0v) is 10.6. The summed E-state index contributed by atoms with van der Waals surface area (Å²) in [6, 6.07) is 1.53. The van der Waals surface area contributed by atoms with E-state index in [1.807, 2.05) is 0 Å².